The minimum absolute atomic E-state index is 0.0230. The number of anilines is 1. The second-order valence-electron chi connectivity index (χ2n) is 7.74. The highest BCUT2D eigenvalue weighted by Crippen LogP contribution is 2.41. The van der Waals surface area contributed by atoms with Gasteiger partial charge in [-0.15, -0.1) is 0 Å². The molecule has 0 unspecified atom stereocenters. The fourth-order valence-electron chi connectivity index (χ4n) is 3.62. The van der Waals surface area contributed by atoms with Crippen LogP contribution in [0.3, 0.4) is 0 Å². The average Bonchev–Trinajstić information content (AvgIpc) is 2.65. The zero-order valence-corrected chi connectivity index (χ0v) is 18.8. The van der Waals surface area contributed by atoms with Crippen molar-refractivity contribution in [3.05, 3.63) is 52.8 Å². The predicted octanol–water partition coefficient (Wildman–Crippen LogP) is 5.61. The number of aromatic nitrogens is 2. The number of nitrogens with zero attached hydrogens (tertiary/aromatic N) is 2. The molecule has 0 fully saturated rings. The zero-order chi connectivity index (χ0) is 22.2. The third-order valence-electron chi connectivity index (χ3n) is 5.16. The zero-order valence-electron chi connectivity index (χ0n) is 18.0. The van der Waals surface area contributed by atoms with Crippen LogP contribution in [0, 0.1) is 13.8 Å². The Balaban J connectivity index is 2.12. The lowest BCUT2D eigenvalue weighted by molar-refractivity contribution is 0.150. The molecule has 0 bridgehead atoms. The molecule has 3 aromatic rings. The first kappa shape index (κ1) is 22.2. The average molecular weight is 433 g/mol. The van der Waals surface area contributed by atoms with Crippen LogP contribution in [0.2, 0.25) is 0 Å². The van der Waals surface area contributed by atoms with Crippen molar-refractivity contribution in [1.82, 2.24) is 9.97 Å². The molecule has 8 heteroatoms. The van der Waals surface area contributed by atoms with E-state index in [2.05, 4.69) is 15.3 Å². The van der Waals surface area contributed by atoms with Gasteiger partial charge in [-0.25, -0.2) is 18.7 Å². The van der Waals surface area contributed by atoms with E-state index in [1.54, 1.807) is 45.4 Å². The number of methoxy groups -OCH3 is 1. The van der Waals surface area contributed by atoms with Crippen LogP contribution >= 0.6 is 7.14 Å². The molecule has 2 aromatic carbocycles. The number of hydrogen-bond acceptors (Lipinski definition) is 5. The van der Waals surface area contributed by atoms with Crippen molar-refractivity contribution in [2.45, 2.75) is 33.2 Å². The fraction of sp³-hybridized carbons (Fsp3) is 0.364. The summed E-state index contributed by atoms with van der Waals surface area (Å²) >= 11 is 0. The Morgan fingerprint density at radius 2 is 1.77 bits per heavy atom. The minimum Gasteiger partial charge on any atom is -0.496 e. The quantitative estimate of drug-likeness (QED) is 0.512. The van der Waals surface area contributed by atoms with Gasteiger partial charge in [0.25, 0.3) is 6.43 Å². The molecule has 5 nitrogen and oxygen atoms in total. The molecule has 0 radical (unpaired) electrons. The van der Waals surface area contributed by atoms with Gasteiger partial charge in [-0.1, -0.05) is 18.2 Å². The molecule has 3 rings (SSSR count). The van der Waals surface area contributed by atoms with Gasteiger partial charge >= 0.3 is 0 Å². The van der Waals surface area contributed by atoms with Gasteiger partial charge in [0.15, 0.2) is 0 Å². The number of fused-ring (bicyclic) bond motifs is 1. The van der Waals surface area contributed by atoms with Crippen molar-refractivity contribution in [3.8, 4) is 5.75 Å². The SMILES string of the molecule is COc1cc2nc(C)nc(N[C@H](C)c3cccc(C(F)F)c3C)c2cc1P(C)(C)=O. The van der Waals surface area contributed by atoms with Crippen LogP contribution in [0.1, 0.15) is 41.9 Å². The molecule has 0 spiro atoms. The Morgan fingerprint density at radius 1 is 1.10 bits per heavy atom. The first-order chi connectivity index (χ1) is 14.0. The summed E-state index contributed by atoms with van der Waals surface area (Å²) in [5.74, 6) is 1.64. The highest BCUT2D eigenvalue weighted by molar-refractivity contribution is 7.70. The summed E-state index contributed by atoms with van der Waals surface area (Å²) in [6.07, 6.45) is -2.53. The lowest BCUT2D eigenvalue weighted by Gasteiger charge is -2.21. The van der Waals surface area contributed by atoms with Crippen molar-refractivity contribution in [1.29, 1.82) is 0 Å². The molecule has 1 heterocycles. The number of halogens is 2. The van der Waals surface area contributed by atoms with Gasteiger partial charge in [-0.05, 0) is 51.3 Å². The first-order valence-electron chi connectivity index (χ1n) is 9.59. The van der Waals surface area contributed by atoms with E-state index in [9.17, 15) is 13.3 Å². The Bertz CT molecular complexity index is 1140. The second kappa shape index (κ2) is 8.31. The van der Waals surface area contributed by atoms with Crippen LogP contribution in [0.15, 0.2) is 30.3 Å². The summed E-state index contributed by atoms with van der Waals surface area (Å²) in [5, 5.41) is 4.65. The molecule has 1 atom stereocenters. The Morgan fingerprint density at radius 3 is 2.37 bits per heavy atom. The Labute approximate surface area is 175 Å². The number of hydrogen-bond donors (Lipinski definition) is 1. The summed E-state index contributed by atoms with van der Waals surface area (Å²) in [6.45, 7) is 8.74. The number of aryl methyl sites for hydroxylation is 1. The van der Waals surface area contributed by atoms with Crippen molar-refractivity contribution in [2.24, 2.45) is 0 Å². The topological polar surface area (TPSA) is 64.1 Å². The molecule has 1 aromatic heterocycles. The first-order valence-corrected chi connectivity index (χ1v) is 12.2. The summed E-state index contributed by atoms with van der Waals surface area (Å²) in [5.41, 5.74) is 2.00. The van der Waals surface area contributed by atoms with E-state index in [-0.39, 0.29) is 11.6 Å². The van der Waals surface area contributed by atoms with Gasteiger partial charge in [0.2, 0.25) is 0 Å². The minimum atomic E-state index is -2.62. The van der Waals surface area contributed by atoms with Gasteiger partial charge in [0, 0.05) is 17.0 Å². The molecule has 0 aliphatic carbocycles. The van der Waals surface area contributed by atoms with Crippen molar-refractivity contribution in [2.75, 3.05) is 25.8 Å². The Kier molecular flexibility index (Phi) is 6.14. The molecule has 0 amide bonds. The molecule has 0 saturated carbocycles. The van der Waals surface area contributed by atoms with E-state index in [0.717, 1.165) is 5.56 Å². The highest BCUT2D eigenvalue weighted by Gasteiger charge is 2.22. The van der Waals surface area contributed by atoms with Crippen molar-refractivity contribution >= 4 is 29.2 Å². The van der Waals surface area contributed by atoms with Gasteiger partial charge in [-0.2, -0.15) is 0 Å². The smallest absolute Gasteiger partial charge is 0.264 e. The molecule has 30 heavy (non-hydrogen) atoms. The van der Waals surface area contributed by atoms with Crippen LogP contribution < -0.4 is 15.4 Å². The monoisotopic (exact) mass is 433 g/mol. The molecular formula is C22H26F2N3O2P. The summed E-state index contributed by atoms with van der Waals surface area (Å²) in [6, 6.07) is 8.19. The lowest BCUT2D eigenvalue weighted by Crippen LogP contribution is -2.13. The van der Waals surface area contributed by atoms with E-state index in [4.69, 9.17) is 4.74 Å². The summed E-state index contributed by atoms with van der Waals surface area (Å²) < 4.78 is 44.8. The van der Waals surface area contributed by atoms with E-state index in [0.29, 0.717) is 39.2 Å². The van der Waals surface area contributed by atoms with Crippen LogP contribution in [-0.4, -0.2) is 30.4 Å². The fourth-order valence-corrected chi connectivity index (χ4v) is 4.74. The third-order valence-corrected chi connectivity index (χ3v) is 6.67. The summed E-state index contributed by atoms with van der Waals surface area (Å²) in [7, 11) is -1.08. The second-order valence-corrected chi connectivity index (χ2v) is 10.9. The maximum atomic E-state index is 13.3. The number of benzene rings is 2. The largest absolute Gasteiger partial charge is 0.496 e. The van der Waals surface area contributed by atoms with Crippen LogP contribution in [0.5, 0.6) is 5.75 Å². The summed E-state index contributed by atoms with van der Waals surface area (Å²) in [4.78, 5) is 9.01. The van der Waals surface area contributed by atoms with Gasteiger partial charge in [-0.3, -0.25) is 0 Å². The molecule has 160 valence electrons. The number of ether oxygens (including phenoxy) is 1. The van der Waals surface area contributed by atoms with Crippen molar-refractivity contribution in [3.63, 3.8) is 0 Å². The standard InChI is InChI=1S/C22H26F2N3O2P/c1-12-15(8-7-9-16(12)21(23)24)13(2)25-22-17-10-20(30(5,6)28)19(29-4)11-18(17)26-14(3)27-22/h7-11,13,21H,1-6H3,(H,25,26,27)/t13-/m1/s1. The number of nitrogens with one attached hydrogen (secondary N) is 1. The van der Waals surface area contributed by atoms with Crippen LogP contribution in [-0.2, 0) is 4.57 Å². The maximum absolute atomic E-state index is 13.3. The normalized spacial score (nSPS) is 13.0. The maximum Gasteiger partial charge on any atom is 0.264 e. The van der Waals surface area contributed by atoms with Crippen LogP contribution in [0.25, 0.3) is 10.9 Å². The molecular weight excluding hydrogens is 407 g/mol. The van der Waals surface area contributed by atoms with Gasteiger partial charge < -0.3 is 14.6 Å². The number of alkyl halides is 2. The van der Waals surface area contributed by atoms with E-state index >= 15 is 0 Å². The highest BCUT2D eigenvalue weighted by atomic mass is 31.2. The number of rotatable bonds is 6. The Hall–Kier alpha value is -2.53. The van der Waals surface area contributed by atoms with E-state index in [1.165, 1.54) is 13.2 Å². The van der Waals surface area contributed by atoms with Gasteiger partial charge in [0.05, 0.1) is 24.0 Å². The molecule has 0 saturated heterocycles. The molecule has 1 N–H and O–H groups in total. The van der Waals surface area contributed by atoms with Crippen LogP contribution in [0.4, 0.5) is 14.6 Å². The third kappa shape index (κ3) is 4.31. The van der Waals surface area contributed by atoms with Crippen molar-refractivity contribution < 1.29 is 18.1 Å². The van der Waals surface area contributed by atoms with E-state index in [1.807, 2.05) is 13.0 Å². The van der Waals surface area contributed by atoms with E-state index < -0.39 is 13.6 Å². The van der Waals surface area contributed by atoms with Gasteiger partial charge in [0.1, 0.15) is 24.5 Å². The lowest BCUT2D eigenvalue weighted by atomic mass is 9.97. The molecule has 0 aliphatic rings. The predicted molar refractivity (Wildman–Crippen MR) is 118 cm³/mol. The molecule has 0 aliphatic heterocycles.